The van der Waals surface area contributed by atoms with Gasteiger partial charge < -0.3 is 5.32 Å². The third kappa shape index (κ3) is 1.81. The highest BCUT2D eigenvalue weighted by Crippen LogP contribution is 2.57. The van der Waals surface area contributed by atoms with Gasteiger partial charge in [0, 0.05) is 16.8 Å². The van der Waals surface area contributed by atoms with E-state index >= 15 is 0 Å². The predicted molar refractivity (Wildman–Crippen MR) is 69.3 cm³/mol. The van der Waals surface area contributed by atoms with Crippen LogP contribution in [0.4, 0.5) is 32.0 Å². The van der Waals surface area contributed by atoms with Crippen LogP contribution in [-0.2, 0) is 5.54 Å². The van der Waals surface area contributed by atoms with Crippen LogP contribution < -0.4 is 5.32 Å². The van der Waals surface area contributed by atoms with Crippen molar-refractivity contribution >= 4 is 5.69 Å². The number of rotatable bonds is 0. The Hall–Kier alpha value is -2.18. The third-order valence-corrected chi connectivity index (χ3v) is 3.72. The standard InChI is InChI=1S/C15H9F6N/c16-14(17,18)13(15(19,20)21)11-7-3-1-5-9(11)10-6-2-4-8-12(10)22-13/h1-8,22H. The number of para-hydroxylation sites is 1. The molecule has 3 rings (SSSR count). The van der Waals surface area contributed by atoms with Crippen molar-refractivity contribution in [3.63, 3.8) is 0 Å². The first-order valence-corrected chi connectivity index (χ1v) is 6.29. The van der Waals surface area contributed by atoms with E-state index in [1.165, 1.54) is 36.4 Å². The fourth-order valence-corrected chi connectivity index (χ4v) is 2.75. The average molecular weight is 317 g/mol. The van der Waals surface area contributed by atoms with Gasteiger partial charge in [-0.05, 0) is 11.6 Å². The molecule has 0 aromatic heterocycles. The largest absolute Gasteiger partial charge is 0.424 e. The second-order valence-electron chi connectivity index (χ2n) is 4.96. The van der Waals surface area contributed by atoms with Crippen molar-refractivity contribution in [1.29, 1.82) is 0 Å². The molecule has 0 spiro atoms. The van der Waals surface area contributed by atoms with Crippen molar-refractivity contribution in [3.05, 3.63) is 54.1 Å². The molecule has 0 atom stereocenters. The van der Waals surface area contributed by atoms with Crippen LogP contribution in [0.2, 0.25) is 0 Å². The van der Waals surface area contributed by atoms with Crippen LogP contribution in [-0.4, -0.2) is 12.4 Å². The molecule has 22 heavy (non-hydrogen) atoms. The molecular formula is C15H9F6N. The topological polar surface area (TPSA) is 12.0 Å². The molecule has 7 heteroatoms. The zero-order valence-electron chi connectivity index (χ0n) is 10.9. The van der Waals surface area contributed by atoms with E-state index in [1.54, 1.807) is 11.4 Å². The number of alkyl halides is 6. The summed E-state index contributed by atoms with van der Waals surface area (Å²) in [5, 5.41) is 1.70. The lowest BCUT2D eigenvalue weighted by Gasteiger charge is -2.43. The molecule has 0 saturated carbocycles. The Bertz CT molecular complexity index is 702. The lowest BCUT2D eigenvalue weighted by Crippen LogP contribution is -2.60. The molecule has 116 valence electrons. The van der Waals surface area contributed by atoms with E-state index in [0.29, 0.717) is 5.56 Å². The SMILES string of the molecule is FC(F)(F)C1(C(F)(F)F)Nc2ccccc2-c2ccccc21. The molecule has 2 aromatic rings. The molecule has 1 aliphatic heterocycles. The molecule has 0 unspecified atom stereocenters. The quantitative estimate of drug-likeness (QED) is 0.667. The summed E-state index contributed by atoms with van der Waals surface area (Å²) in [5.41, 5.74) is -4.93. The molecule has 1 nitrogen and oxygen atoms in total. The van der Waals surface area contributed by atoms with Gasteiger partial charge in [0.2, 0.25) is 0 Å². The van der Waals surface area contributed by atoms with E-state index in [0.717, 1.165) is 6.07 Å². The van der Waals surface area contributed by atoms with Crippen LogP contribution in [0, 0.1) is 0 Å². The maximum absolute atomic E-state index is 13.5. The smallest absolute Gasteiger partial charge is 0.360 e. The normalized spacial score (nSPS) is 16.5. The van der Waals surface area contributed by atoms with Crippen molar-refractivity contribution in [1.82, 2.24) is 0 Å². The first-order valence-electron chi connectivity index (χ1n) is 6.29. The highest BCUT2D eigenvalue weighted by Gasteiger charge is 2.73. The second kappa shape index (κ2) is 4.41. The van der Waals surface area contributed by atoms with E-state index in [1.807, 2.05) is 0 Å². The van der Waals surface area contributed by atoms with Crippen molar-refractivity contribution in [2.45, 2.75) is 17.9 Å². The molecule has 0 fully saturated rings. The minimum Gasteiger partial charge on any atom is -0.360 e. The van der Waals surface area contributed by atoms with Crippen molar-refractivity contribution in [2.24, 2.45) is 0 Å². The van der Waals surface area contributed by atoms with Crippen LogP contribution in [0.3, 0.4) is 0 Å². The lowest BCUT2D eigenvalue weighted by molar-refractivity contribution is -0.293. The van der Waals surface area contributed by atoms with Gasteiger partial charge in [-0.1, -0.05) is 42.5 Å². The first kappa shape index (κ1) is 14.7. The Labute approximate surface area is 121 Å². The Kier molecular flexibility index (Phi) is 2.95. The van der Waals surface area contributed by atoms with Gasteiger partial charge in [0.15, 0.2) is 0 Å². The fraction of sp³-hybridized carbons (Fsp3) is 0.200. The molecule has 0 saturated heterocycles. The molecule has 1 heterocycles. The van der Waals surface area contributed by atoms with Crippen LogP contribution >= 0.6 is 0 Å². The summed E-state index contributed by atoms with van der Waals surface area (Å²) in [6.45, 7) is 0. The number of hydrogen-bond acceptors (Lipinski definition) is 1. The van der Waals surface area contributed by atoms with Crippen molar-refractivity contribution in [2.75, 3.05) is 5.32 Å². The summed E-state index contributed by atoms with van der Waals surface area (Å²) >= 11 is 0. The molecule has 0 bridgehead atoms. The van der Waals surface area contributed by atoms with Crippen LogP contribution in [0.15, 0.2) is 48.5 Å². The molecule has 0 amide bonds. The number of nitrogens with one attached hydrogen (secondary N) is 1. The number of halogens is 6. The molecule has 0 radical (unpaired) electrons. The van der Waals surface area contributed by atoms with E-state index in [2.05, 4.69) is 0 Å². The van der Waals surface area contributed by atoms with Crippen molar-refractivity contribution < 1.29 is 26.3 Å². The molecule has 0 aliphatic carbocycles. The second-order valence-corrected chi connectivity index (χ2v) is 4.96. The number of fused-ring (bicyclic) bond motifs is 3. The lowest BCUT2D eigenvalue weighted by atomic mass is 9.79. The van der Waals surface area contributed by atoms with Crippen molar-refractivity contribution in [3.8, 4) is 11.1 Å². The Morgan fingerprint density at radius 1 is 0.682 bits per heavy atom. The zero-order valence-corrected chi connectivity index (χ0v) is 10.9. The number of hydrogen-bond donors (Lipinski definition) is 1. The van der Waals surface area contributed by atoms with Crippen LogP contribution in [0.1, 0.15) is 5.56 Å². The summed E-state index contributed by atoms with van der Waals surface area (Å²) in [7, 11) is 0. The highest BCUT2D eigenvalue weighted by molar-refractivity contribution is 5.85. The molecule has 2 aromatic carbocycles. The van der Waals surface area contributed by atoms with Gasteiger partial charge >= 0.3 is 12.4 Å². The van der Waals surface area contributed by atoms with Gasteiger partial charge in [-0.25, -0.2) is 0 Å². The van der Waals surface area contributed by atoms with E-state index in [-0.39, 0.29) is 11.3 Å². The van der Waals surface area contributed by atoms with E-state index in [9.17, 15) is 26.3 Å². The monoisotopic (exact) mass is 317 g/mol. The molecule has 1 aliphatic rings. The maximum Gasteiger partial charge on any atom is 0.424 e. The minimum absolute atomic E-state index is 0.0773. The first-order chi connectivity index (χ1) is 10.2. The highest BCUT2D eigenvalue weighted by atomic mass is 19.4. The summed E-state index contributed by atoms with van der Waals surface area (Å²) in [4.78, 5) is 0. The van der Waals surface area contributed by atoms with E-state index < -0.39 is 23.5 Å². The Morgan fingerprint density at radius 2 is 1.18 bits per heavy atom. The third-order valence-electron chi connectivity index (χ3n) is 3.72. The van der Waals surface area contributed by atoms with Crippen LogP contribution in [0.5, 0.6) is 0 Å². The summed E-state index contributed by atoms with van der Waals surface area (Å²) in [5.74, 6) is 0. The minimum atomic E-state index is -5.55. The maximum atomic E-state index is 13.5. The Morgan fingerprint density at radius 3 is 1.77 bits per heavy atom. The number of benzene rings is 2. The molecular weight excluding hydrogens is 308 g/mol. The number of anilines is 1. The van der Waals surface area contributed by atoms with Gasteiger partial charge in [0.1, 0.15) is 0 Å². The Balaban J connectivity index is 2.40. The van der Waals surface area contributed by atoms with Gasteiger partial charge in [0.25, 0.3) is 5.54 Å². The van der Waals surface area contributed by atoms with Gasteiger partial charge in [-0.3, -0.25) is 0 Å². The zero-order chi connectivity index (χ0) is 16.2. The fourth-order valence-electron chi connectivity index (χ4n) is 2.75. The van der Waals surface area contributed by atoms with E-state index in [4.69, 9.17) is 0 Å². The van der Waals surface area contributed by atoms with Gasteiger partial charge in [-0.2, -0.15) is 26.3 Å². The van der Waals surface area contributed by atoms with Gasteiger partial charge in [-0.15, -0.1) is 0 Å². The molecule has 1 N–H and O–H groups in total. The van der Waals surface area contributed by atoms with Crippen LogP contribution in [0.25, 0.3) is 11.1 Å². The van der Waals surface area contributed by atoms with Gasteiger partial charge in [0.05, 0.1) is 0 Å². The summed E-state index contributed by atoms with van der Waals surface area (Å²) < 4.78 is 80.9. The summed E-state index contributed by atoms with van der Waals surface area (Å²) in [6, 6.07) is 10.3. The average Bonchev–Trinajstić information content (AvgIpc) is 2.44. The predicted octanol–water partition coefficient (Wildman–Crippen LogP) is 5.10. The summed E-state index contributed by atoms with van der Waals surface area (Å²) in [6.07, 6.45) is -11.1.